The van der Waals surface area contributed by atoms with Gasteiger partial charge in [-0.1, -0.05) is 13.8 Å². The zero-order chi connectivity index (χ0) is 27.5. The predicted molar refractivity (Wildman–Crippen MR) is 139 cm³/mol. The maximum absolute atomic E-state index is 13.7. The second-order valence-electron chi connectivity index (χ2n) is 9.52. The number of nitrogens with zero attached hydrogens (tertiary/aromatic N) is 2. The zero-order valence-electron chi connectivity index (χ0n) is 22.1. The molecule has 1 N–H and O–H groups in total. The van der Waals surface area contributed by atoms with Crippen LogP contribution in [0.15, 0.2) is 41.4 Å². The molecule has 2 unspecified atom stereocenters. The molecule has 0 spiro atoms. The fraction of sp³-hybridized carbons (Fsp3) is 0.429. The first-order chi connectivity index (χ1) is 17.3. The highest BCUT2D eigenvalue weighted by molar-refractivity contribution is 5.90. The first-order valence-electron chi connectivity index (χ1n) is 12.1. The Balaban J connectivity index is 1.78. The quantitative estimate of drug-likeness (QED) is 0.237. The summed E-state index contributed by atoms with van der Waals surface area (Å²) in [5, 5.41) is 3.95. The molecule has 0 bridgehead atoms. The number of hydrogen-bond acceptors (Lipinski definition) is 5. The molecule has 5 nitrogen and oxygen atoms in total. The summed E-state index contributed by atoms with van der Waals surface area (Å²) in [5.41, 5.74) is 2.13. The summed E-state index contributed by atoms with van der Waals surface area (Å²) in [6.07, 6.45) is -5.05. The first-order valence-corrected chi connectivity index (χ1v) is 12.1. The number of benzene rings is 2. The number of aliphatic imine (C=N–C) groups is 1. The highest BCUT2D eigenvalue weighted by Gasteiger charge is 2.34. The van der Waals surface area contributed by atoms with Crippen molar-refractivity contribution >= 4 is 22.3 Å². The van der Waals surface area contributed by atoms with Crippen molar-refractivity contribution in [1.29, 1.82) is 0 Å². The Hall–Kier alpha value is -3.36. The Labute approximate surface area is 214 Å². The summed E-state index contributed by atoms with van der Waals surface area (Å²) >= 11 is 0. The molecule has 0 saturated carbocycles. The van der Waals surface area contributed by atoms with E-state index in [0.29, 0.717) is 18.0 Å². The van der Waals surface area contributed by atoms with Gasteiger partial charge < -0.3 is 14.8 Å². The maximum Gasteiger partial charge on any atom is 0.419 e. The molecule has 1 aromatic heterocycles. The van der Waals surface area contributed by atoms with Crippen molar-refractivity contribution in [2.45, 2.75) is 59.9 Å². The van der Waals surface area contributed by atoms with Crippen LogP contribution in [0, 0.1) is 25.6 Å². The number of aromatic nitrogens is 1. The summed E-state index contributed by atoms with van der Waals surface area (Å²) in [4.78, 5) is 9.32. The molecular weight excluding hydrogens is 486 g/mol. The minimum absolute atomic E-state index is 0.0177. The molecule has 0 saturated heterocycles. The van der Waals surface area contributed by atoms with Crippen molar-refractivity contribution in [2.75, 3.05) is 19.0 Å². The Bertz CT molecular complexity index is 1290. The fourth-order valence-corrected chi connectivity index (χ4v) is 4.21. The number of aryl methyl sites for hydroxylation is 2. The van der Waals surface area contributed by atoms with Crippen LogP contribution in [-0.4, -0.2) is 36.5 Å². The third-order valence-corrected chi connectivity index (χ3v) is 6.13. The van der Waals surface area contributed by atoms with E-state index in [1.807, 2.05) is 59.7 Å². The van der Waals surface area contributed by atoms with Gasteiger partial charge in [-0.3, -0.25) is 9.98 Å². The van der Waals surface area contributed by atoms with Gasteiger partial charge in [-0.15, -0.1) is 0 Å². The monoisotopic (exact) mass is 519 g/mol. The zero-order valence-corrected chi connectivity index (χ0v) is 22.1. The lowest BCUT2D eigenvalue weighted by atomic mass is 9.99. The number of rotatable bonds is 9. The van der Waals surface area contributed by atoms with Gasteiger partial charge in [0.2, 0.25) is 0 Å². The van der Waals surface area contributed by atoms with E-state index in [1.54, 1.807) is 7.11 Å². The number of hydrogen-bond donors (Lipinski definition) is 1. The van der Waals surface area contributed by atoms with E-state index in [4.69, 9.17) is 9.47 Å². The first kappa shape index (κ1) is 28.2. The van der Waals surface area contributed by atoms with Crippen LogP contribution in [0.1, 0.15) is 44.5 Å². The summed E-state index contributed by atoms with van der Waals surface area (Å²) in [6.45, 7) is 11.8. The summed E-state index contributed by atoms with van der Waals surface area (Å²) in [6, 6.07) is 8.24. The molecule has 0 fully saturated rings. The third kappa shape index (κ3) is 6.70. The van der Waals surface area contributed by atoms with E-state index >= 15 is 0 Å². The van der Waals surface area contributed by atoms with E-state index in [1.165, 1.54) is 6.07 Å². The second kappa shape index (κ2) is 11.4. The molecule has 37 heavy (non-hydrogen) atoms. The van der Waals surface area contributed by atoms with Crippen LogP contribution in [-0.2, 0) is 6.18 Å². The van der Waals surface area contributed by atoms with Crippen LogP contribution in [0.2, 0.25) is 0 Å². The Kier molecular flexibility index (Phi) is 8.66. The van der Waals surface area contributed by atoms with Crippen molar-refractivity contribution in [3.8, 4) is 11.5 Å². The van der Waals surface area contributed by atoms with Gasteiger partial charge in [0.1, 0.15) is 23.4 Å². The molecule has 2 aromatic carbocycles. The van der Waals surface area contributed by atoms with E-state index in [2.05, 4.69) is 15.3 Å². The normalized spacial score (nSPS) is 14.1. The second-order valence-corrected chi connectivity index (χ2v) is 9.52. The van der Waals surface area contributed by atoms with Gasteiger partial charge in [0.25, 0.3) is 0 Å². The van der Waals surface area contributed by atoms with Gasteiger partial charge in [-0.2, -0.15) is 13.2 Å². The van der Waals surface area contributed by atoms with Crippen LogP contribution in [0.3, 0.4) is 0 Å². The largest absolute Gasteiger partial charge is 0.496 e. The molecule has 3 rings (SSSR count). The van der Waals surface area contributed by atoms with Gasteiger partial charge in [0.15, 0.2) is 0 Å². The van der Waals surface area contributed by atoms with Gasteiger partial charge in [-0.25, -0.2) is 4.39 Å². The number of halogens is 4. The topological polar surface area (TPSA) is 55.7 Å². The minimum Gasteiger partial charge on any atom is -0.496 e. The molecule has 9 heteroatoms. The molecule has 0 aliphatic heterocycles. The fourth-order valence-electron chi connectivity index (χ4n) is 4.21. The van der Waals surface area contributed by atoms with Crippen LogP contribution in [0.5, 0.6) is 11.5 Å². The number of pyridine rings is 1. The Morgan fingerprint density at radius 1 is 1.05 bits per heavy atom. The average Bonchev–Trinajstić information content (AvgIpc) is 2.81. The Morgan fingerprint density at radius 2 is 1.76 bits per heavy atom. The number of alkyl halides is 3. The smallest absolute Gasteiger partial charge is 0.419 e. The van der Waals surface area contributed by atoms with Gasteiger partial charge in [0, 0.05) is 34.1 Å². The lowest BCUT2D eigenvalue weighted by Gasteiger charge is -2.25. The average molecular weight is 520 g/mol. The molecule has 0 radical (unpaired) electrons. The highest BCUT2D eigenvalue weighted by Crippen LogP contribution is 2.34. The maximum atomic E-state index is 13.7. The van der Waals surface area contributed by atoms with E-state index < -0.39 is 17.6 Å². The van der Waals surface area contributed by atoms with Crippen LogP contribution in [0.4, 0.5) is 23.2 Å². The molecule has 1 heterocycles. The standard InChI is InChI=1S/C28H33F4N3O2/c1-15(2)26(35-20-8-10-23(29)22(13-20)28(30,31)32)19(6)33-14-17(4)37-25-12-16(3)34-27-18(5)24(36-7)11-9-21(25)27/h8-13,15,17,26,35H,14H2,1-7H3. The highest BCUT2D eigenvalue weighted by atomic mass is 19.4. The lowest BCUT2D eigenvalue weighted by molar-refractivity contribution is -0.139. The number of methoxy groups -OCH3 is 1. The third-order valence-electron chi connectivity index (χ3n) is 6.13. The van der Waals surface area contributed by atoms with Gasteiger partial charge in [-0.05, 0) is 63.9 Å². The van der Waals surface area contributed by atoms with E-state index in [0.717, 1.165) is 40.0 Å². The summed E-state index contributed by atoms with van der Waals surface area (Å²) < 4.78 is 64.8. The minimum atomic E-state index is -4.77. The molecular formula is C28H33F4N3O2. The molecule has 200 valence electrons. The number of fused-ring (bicyclic) bond motifs is 1. The molecule has 0 aliphatic rings. The summed E-state index contributed by atoms with van der Waals surface area (Å²) in [7, 11) is 1.62. The van der Waals surface area contributed by atoms with Gasteiger partial charge in [0.05, 0.1) is 30.8 Å². The number of anilines is 1. The Morgan fingerprint density at radius 3 is 2.38 bits per heavy atom. The number of ether oxygens (including phenoxy) is 2. The molecule has 2 atom stereocenters. The van der Waals surface area contributed by atoms with E-state index in [-0.39, 0.29) is 23.8 Å². The van der Waals surface area contributed by atoms with Crippen molar-refractivity contribution in [3.63, 3.8) is 0 Å². The van der Waals surface area contributed by atoms with Crippen LogP contribution >= 0.6 is 0 Å². The number of nitrogens with one attached hydrogen (secondary N) is 1. The summed E-state index contributed by atoms with van der Waals surface area (Å²) in [5.74, 6) is 0.158. The van der Waals surface area contributed by atoms with Crippen molar-refractivity contribution in [2.24, 2.45) is 10.9 Å². The van der Waals surface area contributed by atoms with E-state index in [9.17, 15) is 17.6 Å². The lowest BCUT2D eigenvalue weighted by Crippen LogP contribution is -2.34. The van der Waals surface area contributed by atoms with Gasteiger partial charge >= 0.3 is 6.18 Å². The molecule has 0 amide bonds. The van der Waals surface area contributed by atoms with Crippen LogP contribution in [0.25, 0.3) is 10.9 Å². The molecule has 0 aliphatic carbocycles. The molecule has 3 aromatic rings. The van der Waals surface area contributed by atoms with Crippen molar-refractivity contribution < 1.29 is 27.0 Å². The predicted octanol–water partition coefficient (Wildman–Crippen LogP) is 7.38. The van der Waals surface area contributed by atoms with Crippen molar-refractivity contribution in [3.05, 3.63) is 59.0 Å². The van der Waals surface area contributed by atoms with Crippen molar-refractivity contribution in [1.82, 2.24) is 4.98 Å². The van der Waals surface area contributed by atoms with Crippen LogP contribution < -0.4 is 14.8 Å². The SMILES string of the molecule is COc1ccc2c(OC(C)CN=C(C)C(Nc3ccc(F)c(C(F)(F)F)c3)C(C)C)cc(C)nc2c1C.